The molecule has 120 valence electrons. The average Bonchev–Trinajstić information content (AvgIpc) is 2.43. The third-order valence-electron chi connectivity index (χ3n) is 3.24. The summed E-state index contributed by atoms with van der Waals surface area (Å²) >= 11 is 0. The van der Waals surface area contributed by atoms with Crippen molar-refractivity contribution < 1.29 is 18.3 Å². The van der Waals surface area contributed by atoms with Gasteiger partial charge in [0.25, 0.3) is 0 Å². The van der Waals surface area contributed by atoms with Gasteiger partial charge in [-0.3, -0.25) is 0 Å². The number of aliphatic hydroxyl groups is 1. The molecule has 1 unspecified atom stereocenters. The number of ether oxygens (including phenoxy) is 1. The van der Waals surface area contributed by atoms with Crippen LogP contribution in [0.1, 0.15) is 18.1 Å². The van der Waals surface area contributed by atoms with Gasteiger partial charge in [0, 0.05) is 18.8 Å². The van der Waals surface area contributed by atoms with E-state index in [0.717, 1.165) is 16.9 Å². The molecule has 0 aliphatic heterocycles. The molecule has 0 fully saturated rings. The molecule has 0 bridgehead atoms. The standard InChI is InChI=1S/C15H25NO4S/c1-4-21(18,19)9-8-16-10-14(17)11-20-15-12(2)6-5-7-13(15)3/h5-7,14,16-17H,4,8-11H2,1-3H3. The van der Waals surface area contributed by atoms with Gasteiger partial charge in [-0.15, -0.1) is 0 Å². The Hall–Kier alpha value is -1.11. The number of benzene rings is 1. The lowest BCUT2D eigenvalue weighted by molar-refractivity contribution is 0.106. The van der Waals surface area contributed by atoms with Gasteiger partial charge in [-0.1, -0.05) is 25.1 Å². The van der Waals surface area contributed by atoms with Crippen LogP contribution in [0, 0.1) is 13.8 Å². The van der Waals surface area contributed by atoms with E-state index in [-0.39, 0.29) is 18.1 Å². The number of rotatable bonds is 9. The van der Waals surface area contributed by atoms with E-state index in [0.29, 0.717) is 13.1 Å². The Bertz CT molecular complexity index is 522. The first-order chi connectivity index (χ1) is 9.85. The van der Waals surface area contributed by atoms with Gasteiger partial charge in [0.15, 0.2) is 9.84 Å². The van der Waals surface area contributed by atoms with E-state index in [1.54, 1.807) is 6.92 Å². The Balaban J connectivity index is 2.30. The summed E-state index contributed by atoms with van der Waals surface area (Å²) in [6.45, 7) is 6.38. The number of sulfone groups is 1. The fourth-order valence-electron chi connectivity index (χ4n) is 1.91. The van der Waals surface area contributed by atoms with Gasteiger partial charge in [0.05, 0.1) is 5.75 Å². The van der Waals surface area contributed by atoms with Crippen LogP contribution >= 0.6 is 0 Å². The highest BCUT2D eigenvalue weighted by Crippen LogP contribution is 2.22. The van der Waals surface area contributed by atoms with Crippen LogP contribution in [0.15, 0.2) is 18.2 Å². The van der Waals surface area contributed by atoms with Crippen LogP contribution in [0.25, 0.3) is 0 Å². The summed E-state index contributed by atoms with van der Waals surface area (Å²) in [5.41, 5.74) is 2.06. The van der Waals surface area contributed by atoms with Crippen LogP contribution in [0.2, 0.25) is 0 Å². The van der Waals surface area contributed by atoms with Gasteiger partial charge >= 0.3 is 0 Å². The first-order valence-corrected chi connectivity index (χ1v) is 8.96. The van der Waals surface area contributed by atoms with Crippen molar-refractivity contribution in [3.8, 4) is 5.75 Å². The van der Waals surface area contributed by atoms with E-state index < -0.39 is 15.9 Å². The maximum Gasteiger partial charge on any atom is 0.151 e. The third kappa shape index (κ3) is 6.46. The molecule has 5 nitrogen and oxygen atoms in total. The first kappa shape index (κ1) is 17.9. The molecule has 0 spiro atoms. The number of hydrogen-bond donors (Lipinski definition) is 2. The van der Waals surface area contributed by atoms with E-state index in [4.69, 9.17) is 4.74 Å². The number of nitrogens with one attached hydrogen (secondary N) is 1. The Morgan fingerprint density at radius 1 is 1.29 bits per heavy atom. The molecule has 0 aliphatic rings. The van der Waals surface area contributed by atoms with Crippen molar-refractivity contribution in [2.75, 3.05) is 31.2 Å². The predicted octanol–water partition coefficient (Wildman–Crippen LogP) is 1.07. The number of aryl methyl sites for hydroxylation is 2. The Morgan fingerprint density at radius 3 is 2.48 bits per heavy atom. The molecule has 1 aromatic carbocycles. The maximum absolute atomic E-state index is 11.3. The van der Waals surface area contributed by atoms with Crippen molar-refractivity contribution in [2.24, 2.45) is 0 Å². The summed E-state index contributed by atoms with van der Waals surface area (Å²) in [4.78, 5) is 0. The molecule has 1 rings (SSSR count). The molecule has 0 amide bonds. The van der Waals surface area contributed by atoms with Gasteiger partial charge in [-0.05, 0) is 25.0 Å². The summed E-state index contributed by atoms with van der Waals surface area (Å²) in [6.07, 6.45) is -0.673. The molecular formula is C15H25NO4S. The molecule has 6 heteroatoms. The van der Waals surface area contributed by atoms with Crippen LogP contribution in [-0.2, 0) is 9.84 Å². The zero-order valence-corrected chi connectivity index (χ0v) is 13.7. The SMILES string of the molecule is CCS(=O)(=O)CCNCC(O)COc1c(C)cccc1C. The third-order valence-corrected chi connectivity index (χ3v) is 4.94. The van der Waals surface area contributed by atoms with E-state index >= 15 is 0 Å². The minimum atomic E-state index is -2.96. The Labute approximate surface area is 127 Å². The van der Waals surface area contributed by atoms with E-state index in [1.165, 1.54) is 0 Å². The zero-order chi connectivity index (χ0) is 15.9. The van der Waals surface area contributed by atoms with Crippen LogP contribution in [0.4, 0.5) is 0 Å². The molecule has 0 radical (unpaired) electrons. The summed E-state index contributed by atoms with van der Waals surface area (Å²) in [6, 6.07) is 5.88. The van der Waals surface area contributed by atoms with Gasteiger partial charge < -0.3 is 15.2 Å². The van der Waals surface area contributed by atoms with Crippen molar-refractivity contribution in [3.05, 3.63) is 29.3 Å². The molecule has 1 atom stereocenters. The Morgan fingerprint density at radius 2 is 1.90 bits per heavy atom. The van der Waals surface area contributed by atoms with Crippen LogP contribution < -0.4 is 10.1 Å². The van der Waals surface area contributed by atoms with Gasteiger partial charge in [0.1, 0.15) is 18.5 Å². The molecule has 0 aliphatic carbocycles. The highest BCUT2D eigenvalue weighted by atomic mass is 32.2. The van der Waals surface area contributed by atoms with Gasteiger partial charge in [0.2, 0.25) is 0 Å². The largest absolute Gasteiger partial charge is 0.490 e. The first-order valence-electron chi connectivity index (χ1n) is 7.14. The second-order valence-electron chi connectivity index (χ2n) is 5.13. The smallest absolute Gasteiger partial charge is 0.151 e. The molecule has 0 saturated carbocycles. The lowest BCUT2D eigenvalue weighted by Gasteiger charge is -2.16. The van der Waals surface area contributed by atoms with E-state index in [1.807, 2.05) is 32.0 Å². The summed E-state index contributed by atoms with van der Waals surface area (Å²) < 4.78 is 28.2. The highest BCUT2D eigenvalue weighted by molar-refractivity contribution is 7.91. The summed E-state index contributed by atoms with van der Waals surface area (Å²) in [5, 5.41) is 12.8. The van der Waals surface area contributed by atoms with Crippen molar-refractivity contribution in [1.82, 2.24) is 5.32 Å². The molecule has 0 aromatic heterocycles. The lowest BCUT2D eigenvalue weighted by atomic mass is 10.1. The second kappa shape index (κ2) is 8.36. The Kier molecular flexibility index (Phi) is 7.14. The van der Waals surface area contributed by atoms with E-state index in [2.05, 4.69) is 5.32 Å². The van der Waals surface area contributed by atoms with Crippen molar-refractivity contribution in [3.63, 3.8) is 0 Å². The van der Waals surface area contributed by atoms with Crippen LogP contribution in [0.3, 0.4) is 0 Å². The summed E-state index contributed by atoms with van der Waals surface area (Å²) in [7, 11) is -2.96. The molecule has 1 aromatic rings. The maximum atomic E-state index is 11.3. The van der Waals surface area contributed by atoms with Crippen molar-refractivity contribution >= 4 is 9.84 Å². The van der Waals surface area contributed by atoms with Gasteiger partial charge in [-0.25, -0.2) is 8.42 Å². The minimum Gasteiger partial charge on any atom is -0.490 e. The molecule has 0 heterocycles. The topological polar surface area (TPSA) is 75.6 Å². The monoisotopic (exact) mass is 315 g/mol. The molecule has 21 heavy (non-hydrogen) atoms. The fourth-order valence-corrected chi connectivity index (χ4v) is 2.65. The quantitative estimate of drug-likeness (QED) is 0.667. The minimum absolute atomic E-state index is 0.0912. The zero-order valence-electron chi connectivity index (χ0n) is 12.9. The lowest BCUT2D eigenvalue weighted by Crippen LogP contribution is -2.34. The average molecular weight is 315 g/mol. The molecule has 0 saturated heterocycles. The normalized spacial score (nSPS) is 13.1. The van der Waals surface area contributed by atoms with Crippen LogP contribution in [-0.4, -0.2) is 50.8 Å². The van der Waals surface area contributed by atoms with Crippen molar-refractivity contribution in [2.45, 2.75) is 26.9 Å². The predicted molar refractivity (Wildman–Crippen MR) is 84.6 cm³/mol. The fraction of sp³-hybridized carbons (Fsp3) is 0.600. The second-order valence-corrected chi connectivity index (χ2v) is 7.60. The highest BCUT2D eigenvalue weighted by Gasteiger charge is 2.10. The van der Waals surface area contributed by atoms with Crippen LogP contribution in [0.5, 0.6) is 5.75 Å². The number of para-hydroxylation sites is 1. The number of hydrogen-bond acceptors (Lipinski definition) is 5. The molecule has 2 N–H and O–H groups in total. The van der Waals surface area contributed by atoms with Gasteiger partial charge in [-0.2, -0.15) is 0 Å². The van der Waals surface area contributed by atoms with Crippen molar-refractivity contribution in [1.29, 1.82) is 0 Å². The summed E-state index contributed by atoms with van der Waals surface area (Å²) in [5.74, 6) is 1.03. The van der Waals surface area contributed by atoms with E-state index in [9.17, 15) is 13.5 Å². The number of aliphatic hydroxyl groups excluding tert-OH is 1. The molecular weight excluding hydrogens is 290 g/mol.